The van der Waals surface area contributed by atoms with Gasteiger partial charge >= 0.3 is 6.16 Å². The maximum atomic E-state index is 11.2. The fourth-order valence-corrected chi connectivity index (χ4v) is 1.17. The van der Waals surface area contributed by atoms with Gasteiger partial charge in [0.25, 0.3) is 0 Å². The van der Waals surface area contributed by atoms with Crippen LogP contribution in [0.25, 0.3) is 0 Å². The predicted octanol–water partition coefficient (Wildman–Crippen LogP) is 2.43. The minimum absolute atomic E-state index is 0.0253. The van der Waals surface area contributed by atoms with E-state index in [0.29, 0.717) is 0 Å². The Labute approximate surface area is 106 Å². The largest absolute Gasteiger partial charge is 0.628 e. The molecule has 98 valence electrons. The molecule has 5 nitrogen and oxygen atoms in total. The number of carbonyl (C=O) groups is 1. The van der Waals surface area contributed by atoms with E-state index in [4.69, 9.17) is 9.47 Å². The normalized spacial score (nSPS) is 11.5. The average Bonchev–Trinajstić information content (AvgIpc) is 2.32. The molecule has 0 bridgehead atoms. The fourth-order valence-electron chi connectivity index (χ4n) is 1.17. The van der Waals surface area contributed by atoms with E-state index in [1.165, 1.54) is 26.4 Å². The van der Waals surface area contributed by atoms with Gasteiger partial charge in [-0.3, -0.25) is 0 Å². The molecule has 0 saturated carbocycles. The van der Waals surface area contributed by atoms with Gasteiger partial charge in [0, 0.05) is 6.08 Å². The van der Waals surface area contributed by atoms with E-state index in [1.54, 1.807) is 0 Å². The number of quaternary nitrogens is 1. The molecule has 0 fully saturated rings. The zero-order valence-corrected chi connectivity index (χ0v) is 10.5. The van der Waals surface area contributed by atoms with Crippen LogP contribution in [0.5, 0.6) is 0 Å². The maximum Gasteiger partial charge on any atom is 0.508 e. The number of carbonyl (C=O) groups excluding carboxylic acids is 1. The van der Waals surface area contributed by atoms with Crippen LogP contribution in [-0.2, 0) is 16.1 Å². The van der Waals surface area contributed by atoms with Crippen LogP contribution >= 0.6 is 0 Å². The van der Waals surface area contributed by atoms with Crippen molar-refractivity contribution >= 4 is 6.16 Å². The molecule has 1 aromatic carbocycles. The van der Waals surface area contributed by atoms with Crippen LogP contribution < -0.4 is 0 Å². The van der Waals surface area contributed by atoms with Gasteiger partial charge in [0.15, 0.2) is 0 Å². The van der Waals surface area contributed by atoms with Crippen molar-refractivity contribution in [3.05, 3.63) is 53.4 Å². The number of hydrogen-bond donors (Lipinski definition) is 0. The van der Waals surface area contributed by atoms with Crippen LogP contribution in [0, 0.1) is 5.21 Å². The summed E-state index contributed by atoms with van der Waals surface area (Å²) in [5.74, 6) is 0. The van der Waals surface area contributed by atoms with Gasteiger partial charge in [0.05, 0.1) is 20.3 Å². The molecule has 0 unspecified atom stereocenters. The van der Waals surface area contributed by atoms with E-state index in [1.807, 2.05) is 30.3 Å². The fraction of sp³-hybridized carbons (Fsp3) is 0.308. The molecule has 1 rings (SSSR count). The number of ether oxygens (including phenoxy) is 2. The highest BCUT2D eigenvalue weighted by Gasteiger charge is 2.03. The van der Waals surface area contributed by atoms with Crippen molar-refractivity contribution in [1.29, 1.82) is 0 Å². The van der Waals surface area contributed by atoms with Crippen LogP contribution in [0.3, 0.4) is 0 Å². The van der Waals surface area contributed by atoms with Crippen molar-refractivity contribution in [2.75, 3.05) is 20.7 Å². The summed E-state index contributed by atoms with van der Waals surface area (Å²) in [4.78, 5) is 11.2. The molecule has 18 heavy (non-hydrogen) atoms. The molecular weight excluding hydrogens is 234 g/mol. The Morgan fingerprint density at radius 1 is 1.28 bits per heavy atom. The Morgan fingerprint density at radius 2 is 1.94 bits per heavy atom. The van der Waals surface area contributed by atoms with Crippen molar-refractivity contribution in [1.82, 2.24) is 0 Å². The van der Waals surface area contributed by atoms with E-state index in [-0.39, 0.29) is 13.2 Å². The first-order chi connectivity index (χ1) is 8.47. The van der Waals surface area contributed by atoms with Crippen LogP contribution in [-0.4, -0.2) is 31.5 Å². The first-order valence-corrected chi connectivity index (χ1v) is 5.53. The number of hydroxylamine groups is 3. The summed E-state index contributed by atoms with van der Waals surface area (Å²) < 4.78 is 9.08. The average molecular weight is 251 g/mol. The molecule has 0 saturated heterocycles. The summed E-state index contributed by atoms with van der Waals surface area (Å²) in [7, 11) is 2.93. The second kappa shape index (κ2) is 6.78. The predicted molar refractivity (Wildman–Crippen MR) is 67.2 cm³/mol. The van der Waals surface area contributed by atoms with Crippen LogP contribution in [0.2, 0.25) is 0 Å². The van der Waals surface area contributed by atoms with Crippen LogP contribution in [0.15, 0.2) is 42.6 Å². The lowest BCUT2D eigenvalue weighted by molar-refractivity contribution is -0.785. The van der Waals surface area contributed by atoms with Gasteiger partial charge in [-0.05, 0) is 5.56 Å². The number of benzene rings is 1. The summed E-state index contributed by atoms with van der Waals surface area (Å²) in [5.41, 5.74) is 0.891. The monoisotopic (exact) mass is 251 g/mol. The zero-order valence-electron chi connectivity index (χ0n) is 10.5. The van der Waals surface area contributed by atoms with Crippen molar-refractivity contribution in [3.63, 3.8) is 0 Å². The Morgan fingerprint density at radius 3 is 2.56 bits per heavy atom. The number of hydrogen-bond acceptors (Lipinski definition) is 4. The van der Waals surface area contributed by atoms with Crippen LogP contribution in [0.4, 0.5) is 4.79 Å². The standard InChI is InChI=1S/C13H17NO4/c1-14(2,16)9-6-10-17-13(15)18-11-12-7-4-3-5-8-12/h3-9H,10-11H2,1-2H3/b9-6+. The summed E-state index contributed by atoms with van der Waals surface area (Å²) in [6.45, 7) is 0.198. The second-order valence-corrected chi connectivity index (χ2v) is 4.15. The van der Waals surface area contributed by atoms with Crippen molar-refractivity contribution < 1.29 is 18.9 Å². The van der Waals surface area contributed by atoms with Gasteiger partial charge in [-0.25, -0.2) is 4.79 Å². The van der Waals surface area contributed by atoms with E-state index >= 15 is 0 Å². The first kappa shape index (κ1) is 14.2. The van der Waals surface area contributed by atoms with Gasteiger partial charge in [0.2, 0.25) is 0 Å². The minimum atomic E-state index is -0.750. The molecule has 0 amide bonds. The van der Waals surface area contributed by atoms with Gasteiger partial charge in [-0.1, -0.05) is 30.3 Å². The molecule has 0 N–H and O–H groups in total. The molecule has 0 heterocycles. The summed E-state index contributed by atoms with van der Waals surface area (Å²) in [5, 5.41) is 11.1. The molecule has 0 aromatic heterocycles. The van der Waals surface area contributed by atoms with Gasteiger partial charge in [0.1, 0.15) is 13.2 Å². The zero-order chi connectivity index (χ0) is 13.4. The van der Waals surface area contributed by atoms with Crippen LogP contribution in [0.1, 0.15) is 5.56 Å². The Hall–Kier alpha value is -1.85. The molecular formula is C13H17NO4. The lowest BCUT2D eigenvalue weighted by Crippen LogP contribution is -2.24. The molecule has 0 aliphatic rings. The van der Waals surface area contributed by atoms with Crippen molar-refractivity contribution in [2.45, 2.75) is 6.61 Å². The summed E-state index contributed by atoms with van der Waals surface area (Å²) >= 11 is 0. The smallest absolute Gasteiger partial charge is 0.508 e. The highest BCUT2D eigenvalue weighted by atomic mass is 16.7. The number of nitrogens with zero attached hydrogens (tertiary/aromatic N) is 1. The van der Waals surface area contributed by atoms with Crippen molar-refractivity contribution in [2.24, 2.45) is 0 Å². The van der Waals surface area contributed by atoms with Gasteiger partial charge in [-0.15, -0.1) is 0 Å². The molecule has 1 aromatic rings. The quantitative estimate of drug-likeness (QED) is 0.458. The number of rotatable bonds is 5. The third-order valence-electron chi connectivity index (χ3n) is 1.96. The van der Waals surface area contributed by atoms with Gasteiger partial charge < -0.3 is 19.3 Å². The molecule has 0 atom stereocenters. The van der Waals surface area contributed by atoms with Crippen molar-refractivity contribution in [3.8, 4) is 0 Å². The molecule has 0 aliphatic carbocycles. The Kier molecular flexibility index (Phi) is 5.35. The first-order valence-electron chi connectivity index (χ1n) is 5.53. The highest BCUT2D eigenvalue weighted by Crippen LogP contribution is 2.01. The van der Waals surface area contributed by atoms with Gasteiger partial charge in [-0.2, -0.15) is 0 Å². The Balaban J connectivity index is 2.21. The van der Waals surface area contributed by atoms with E-state index in [0.717, 1.165) is 5.56 Å². The topological polar surface area (TPSA) is 58.6 Å². The molecule has 0 radical (unpaired) electrons. The third kappa shape index (κ3) is 6.67. The minimum Gasteiger partial charge on any atom is -0.628 e. The molecule has 5 heteroatoms. The third-order valence-corrected chi connectivity index (χ3v) is 1.96. The second-order valence-electron chi connectivity index (χ2n) is 4.15. The lowest BCUT2D eigenvalue weighted by Gasteiger charge is -2.28. The Bertz CT molecular complexity index is 395. The SMILES string of the molecule is C[N+](C)([O-])/C=C/COC(=O)OCc1ccccc1. The van der Waals surface area contributed by atoms with E-state index < -0.39 is 10.8 Å². The molecule has 0 spiro atoms. The maximum absolute atomic E-state index is 11.2. The lowest BCUT2D eigenvalue weighted by atomic mass is 10.2. The highest BCUT2D eigenvalue weighted by molar-refractivity contribution is 5.60. The molecule has 0 aliphatic heterocycles. The summed E-state index contributed by atoms with van der Waals surface area (Å²) in [6, 6.07) is 9.31. The summed E-state index contributed by atoms with van der Waals surface area (Å²) in [6.07, 6.45) is 2.11. The van der Waals surface area contributed by atoms with E-state index in [9.17, 15) is 10.0 Å². The van der Waals surface area contributed by atoms with E-state index in [2.05, 4.69) is 0 Å².